The average molecular weight is 192 g/mol. The van der Waals surface area contributed by atoms with Crippen molar-refractivity contribution in [2.75, 3.05) is 0 Å². The zero-order valence-electron chi connectivity index (χ0n) is 8.13. The van der Waals surface area contributed by atoms with Crippen molar-refractivity contribution in [3.05, 3.63) is 34.9 Å². The van der Waals surface area contributed by atoms with E-state index in [1.165, 1.54) is 0 Å². The molecule has 0 aliphatic heterocycles. The number of nitrogens with one attached hydrogen (secondary N) is 1. The molecule has 0 aliphatic rings. The van der Waals surface area contributed by atoms with E-state index in [1.54, 1.807) is 6.07 Å². The number of rotatable bonds is 1. The standard InChI is InChI=1S/C10H12N2O2/c1-6-3-4-8(7(2)5-6)9(13)12-10(11)14/h3-5H,1-2H3,(H3,11,12,13,14). The summed E-state index contributed by atoms with van der Waals surface area (Å²) < 4.78 is 0. The molecule has 0 atom stereocenters. The van der Waals surface area contributed by atoms with Crippen LogP contribution in [-0.4, -0.2) is 11.9 Å². The van der Waals surface area contributed by atoms with Crippen LogP contribution in [0.2, 0.25) is 0 Å². The van der Waals surface area contributed by atoms with E-state index in [0.717, 1.165) is 11.1 Å². The topological polar surface area (TPSA) is 72.2 Å². The maximum atomic E-state index is 11.4. The van der Waals surface area contributed by atoms with Gasteiger partial charge in [0, 0.05) is 5.56 Å². The van der Waals surface area contributed by atoms with Crippen molar-refractivity contribution in [3.63, 3.8) is 0 Å². The lowest BCUT2D eigenvalue weighted by Gasteiger charge is -2.05. The summed E-state index contributed by atoms with van der Waals surface area (Å²) in [5, 5.41) is 2.02. The minimum atomic E-state index is -0.838. The SMILES string of the molecule is Cc1ccc(C(=O)NC(N)=O)c(C)c1. The van der Waals surface area contributed by atoms with Crippen LogP contribution in [0.25, 0.3) is 0 Å². The minimum Gasteiger partial charge on any atom is -0.351 e. The molecule has 0 unspecified atom stereocenters. The van der Waals surface area contributed by atoms with E-state index in [-0.39, 0.29) is 0 Å². The second kappa shape index (κ2) is 3.91. The number of aryl methyl sites for hydroxylation is 2. The number of carbonyl (C=O) groups is 2. The van der Waals surface area contributed by atoms with E-state index in [4.69, 9.17) is 5.73 Å². The Bertz CT molecular complexity index is 386. The van der Waals surface area contributed by atoms with Gasteiger partial charge in [-0.1, -0.05) is 17.7 Å². The summed E-state index contributed by atoms with van der Waals surface area (Å²) in [5.41, 5.74) is 7.20. The van der Waals surface area contributed by atoms with Gasteiger partial charge in [0.25, 0.3) is 5.91 Å². The van der Waals surface area contributed by atoms with Crippen molar-refractivity contribution in [1.82, 2.24) is 5.32 Å². The molecule has 0 fully saturated rings. The van der Waals surface area contributed by atoms with Crippen molar-refractivity contribution < 1.29 is 9.59 Å². The minimum absolute atomic E-state index is 0.463. The Morgan fingerprint density at radius 3 is 2.43 bits per heavy atom. The highest BCUT2D eigenvalue weighted by Gasteiger charge is 2.09. The maximum absolute atomic E-state index is 11.4. The van der Waals surface area contributed by atoms with Crippen LogP contribution in [0.1, 0.15) is 21.5 Å². The molecule has 0 radical (unpaired) electrons. The van der Waals surface area contributed by atoms with Gasteiger partial charge in [-0.15, -0.1) is 0 Å². The van der Waals surface area contributed by atoms with Gasteiger partial charge >= 0.3 is 6.03 Å². The van der Waals surface area contributed by atoms with Crippen LogP contribution in [0, 0.1) is 13.8 Å². The Hall–Kier alpha value is -1.84. The Morgan fingerprint density at radius 2 is 1.93 bits per heavy atom. The monoisotopic (exact) mass is 192 g/mol. The normalized spacial score (nSPS) is 9.57. The highest BCUT2D eigenvalue weighted by molar-refractivity contribution is 6.04. The lowest BCUT2D eigenvalue weighted by atomic mass is 10.1. The van der Waals surface area contributed by atoms with Crippen LogP contribution < -0.4 is 11.1 Å². The molecule has 0 saturated carbocycles. The summed E-state index contributed by atoms with van der Waals surface area (Å²) in [6.07, 6.45) is 0. The highest BCUT2D eigenvalue weighted by Crippen LogP contribution is 2.09. The van der Waals surface area contributed by atoms with Crippen LogP contribution in [-0.2, 0) is 0 Å². The van der Waals surface area contributed by atoms with Gasteiger partial charge < -0.3 is 5.73 Å². The van der Waals surface area contributed by atoms with Crippen molar-refractivity contribution in [2.24, 2.45) is 5.73 Å². The zero-order chi connectivity index (χ0) is 10.7. The molecule has 1 rings (SSSR count). The van der Waals surface area contributed by atoms with Crippen molar-refractivity contribution in [3.8, 4) is 0 Å². The quantitative estimate of drug-likeness (QED) is 0.699. The Morgan fingerprint density at radius 1 is 1.29 bits per heavy atom. The molecule has 0 bridgehead atoms. The lowest BCUT2D eigenvalue weighted by molar-refractivity contribution is 0.0965. The van der Waals surface area contributed by atoms with Gasteiger partial charge in [0.05, 0.1) is 0 Å². The first-order chi connectivity index (χ1) is 6.50. The number of carbonyl (C=O) groups excluding carboxylic acids is 2. The molecule has 4 heteroatoms. The summed E-state index contributed by atoms with van der Waals surface area (Å²) in [5.74, 6) is -0.463. The molecular formula is C10H12N2O2. The number of primary amides is 1. The highest BCUT2D eigenvalue weighted by atomic mass is 16.2. The molecule has 1 aromatic carbocycles. The molecule has 0 saturated heterocycles. The van der Waals surface area contributed by atoms with Gasteiger partial charge in [0.1, 0.15) is 0 Å². The van der Waals surface area contributed by atoms with Crippen LogP contribution in [0.5, 0.6) is 0 Å². The van der Waals surface area contributed by atoms with E-state index in [0.29, 0.717) is 5.56 Å². The number of nitrogens with two attached hydrogens (primary N) is 1. The van der Waals surface area contributed by atoms with Crippen LogP contribution in [0.3, 0.4) is 0 Å². The number of benzene rings is 1. The molecule has 3 amide bonds. The fourth-order valence-electron chi connectivity index (χ4n) is 1.25. The second-order valence-electron chi connectivity index (χ2n) is 3.14. The van der Waals surface area contributed by atoms with Gasteiger partial charge in [0.15, 0.2) is 0 Å². The number of hydrogen-bond acceptors (Lipinski definition) is 2. The molecule has 0 aromatic heterocycles. The van der Waals surface area contributed by atoms with E-state index in [9.17, 15) is 9.59 Å². The zero-order valence-corrected chi connectivity index (χ0v) is 8.13. The summed E-state index contributed by atoms with van der Waals surface area (Å²) in [6, 6.07) is 4.51. The van der Waals surface area contributed by atoms with Crippen molar-refractivity contribution in [1.29, 1.82) is 0 Å². The molecule has 4 nitrogen and oxygen atoms in total. The fraction of sp³-hybridized carbons (Fsp3) is 0.200. The number of imide groups is 1. The number of amides is 3. The van der Waals surface area contributed by atoms with Gasteiger partial charge in [-0.05, 0) is 25.5 Å². The summed E-state index contributed by atoms with van der Waals surface area (Å²) in [4.78, 5) is 21.8. The third-order valence-corrected chi connectivity index (χ3v) is 1.86. The van der Waals surface area contributed by atoms with E-state index >= 15 is 0 Å². The van der Waals surface area contributed by atoms with Gasteiger partial charge in [-0.3, -0.25) is 10.1 Å². The second-order valence-corrected chi connectivity index (χ2v) is 3.14. The molecule has 74 valence electrons. The van der Waals surface area contributed by atoms with E-state index in [1.807, 2.05) is 31.3 Å². The molecule has 0 aliphatic carbocycles. The third kappa shape index (κ3) is 2.32. The third-order valence-electron chi connectivity index (χ3n) is 1.86. The van der Waals surface area contributed by atoms with E-state index in [2.05, 4.69) is 0 Å². The van der Waals surface area contributed by atoms with Gasteiger partial charge in [-0.25, -0.2) is 4.79 Å². The van der Waals surface area contributed by atoms with Gasteiger partial charge in [-0.2, -0.15) is 0 Å². The molecular weight excluding hydrogens is 180 g/mol. The summed E-state index contributed by atoms with van der Waals surface area (Å²) >= 11 is 0. The lowest BCUT2D eigenvalue weighted by Crippen LogP contribution is -2.35. The maximum Gasteiger partial charge on any atom is 0.319 e. The summed E-state index contributed by atoms with van der Waals surface area (Å²) in [6.45, 7) is 3.74. The van der Waals surface area contributed by atoms with Gasteiger partial charge in [0.2, 0.25) is 0 Å². The van der Waals surface area contributed by atoms with E-state index < -0.39 is 11.9 Å². The van der Waals surface area contributed by atoms with Crippen LogP contribution in [0.15, 0.2) is 18.2 Å². The van der Waals surface area contributed by atoms with Crippen LogP contribution >= 0.6 is 0 Å². The number of hydrogen-bond donors (Lipinski definition) is 2. The predicted molar refractivity (Wildman–Crippen MR) is 53.0 cm³/mol. The average Bonchev–Trinajstić information content (AvgIpc) is 2.01. The first-order valence-corrected chi connectivity index (χ1v) is 4.18. The predicted octanol–water partition coefficient (Wildman–Crippen LogP) is 1.11. The first-order valence-electron chi connectivity index (χ1n) is 4.18. The molecule has 0 heterocycles. The smallest absolute Gasteiger partial charge is 0.319 e. The van der Waals surface area contributed by atoms with Crippen LogP contribution in [0.4, 0.5) is 4.79 Å². The summed E-state index contributed by atoms with van der Waals surface area (Å²) in [7, 11) is 0. The Kier molecular flexibility index (Phi) is 2.86. The molecule has 1 aromatic rings. The molecule has 0 spiro atoms. The van der Waals surface area contributed by atoms with Crippen molar-refractivity contribution >= 4 is 11.9 Å². The fourth-order valence-corrected chi connectivity index (χ4v) is 1.25. The Balaban J connectivity index is 2.96. The first kappa shape index (κ1) is 10.2. The largest absolute Gasteiger partial charge is 0.351 e. The Labute approximate surface area is 82.1 Å². The number of urea groups is 1. The molecule has 3 N–H and O–H groups in total. The van der Waals surface area contributed by atoms with Crippen molar-refractivity contribution in [2.45, 2.75) is 13.8 Å². The molecule has 14 heavy (non-hydrogen) atoms.